The third kappa shape index (κ3) is 4.76. The normalized spacial score (nSPS) is 14.9. The number of amides is 2. The molecular formula is C26H21ClFN3O3S. The zero-order valence-corrected chi connectivity index (χ0v) is 20.5. The summed E-state index contributed by atoms with van der Waals surface area (Å²) in [6, 6.07) is 13.2. The Morgan fingerprint density at radius 3 is 2.46 bits per heavy atom. The van der Waals surface area contributed by atoms with E-state index in [9.17, 15) is 14.0 Å². The molecule has 0 unspecified atom stereocenters. The van der Waals surface area contributed by atoms with E-state index in [1.165, 1.54) is 18.2 Å². The number of thiocarbonyl (C=S) groups is 1. The number of anilines is 1. The second kappa shape index (κ2) is 9.85. The van der Waals surface area contributed by atoms with Gasteiger partial charge in [0.25, 0.3) is 11.8 Å². The molecule has 0 aliphatic carbocycles. The van der Waals surface area contributed by atoms with E-state index in [2.05, 4.69) is 11.9 Å². The molecule has 4 rings (SSSR count). The number of ether oxygens (including phenoxy) is 1. The first-order valence-corrected chi connectivity index (χ1v) is 11.4. The number of benzene rings is 2. The van der Waals surface area contributed by atoms with Gasteiger partial charge in [-0.25, -0.2) is 4.39 Å². The number of hydrogen-bond donors (Lipinski definition) is 1. The Balaban J connectivity index is 1.70. The van der Waals surface area contributed by atoms with Gasteiger partial charge in [-0.15, -0.1) is 0 Å². The van der Waals surface area contributed by atoms with Gasteiger partial charge >= 0.3 is 0 Å². The Kier molecular flexibility index (Phi) is 6.86. The van der Waals surface area contributed by atoms with Crippen LogP contribution in [0.1, 0.15) is 17.0 Å². The highest BCUT2D eigenvalue weighted by molar-refractivity contribution is 7.80. The van der Waals surface area contributed by atoms with E-state index in [0.29, 0.717) is 12.2 Å². The van der Waals surface area contributed by atoms with E-state index in [1.54, 1.807) is 6.08 Å². The summed E-state index contributed by atoms with van der Waals surface area (Å²) >= 11 is 11.1. The van der Waals surface area contributed by atoms with E-state index in [4.69, 9.17) is 28.6 Å². The summed E-state index contributed by atoms with van der Waals surface area (Å²) in [5, 5.41) is 2.25. The molecular weight excluding hydrogens is 489 g/mol. The van der Waals surface area contributed by atoms with E-state index in [1.807, 2.05) is 48.7 Å². The van der Waals surface area contributed by atoms with Crippen molar-refractivity contribution < 1.29 is 18.7 Å². The van der Waals surface area contributed by atoms with Crippen LogP contribution in [0.25, 0.3) is 11.8 Å². The van der Waals surface area contributed by atoms with Crippen molar-refractivity contribution in [2.24, 2.45) is 0 Å². The van der Waals surface area contributed by atoms with Crippen LogP contribution in [-0.2, 0) is 9.59 Å². The molecule has 9 heteroatoms. The number of nitrogens with one attached hydrogen (secondary N) is 1. The average molecular weight is 510 g/mol. The van der Waals surface area contributed by atoms with Crippen molar-refractivity contribution in [3.8, 4) is 11.4 Å². The highest BCUT2D eigenvalue weighted by atomic mass is 35.5. The minimum atomic E-state index is -0.630. The van der Waals surface area contributed by atoms with Crippen LogP contribution in [0.3, 0.4) is 0 Å². The van der Waals surface area contributed by atoms with Gasteiger partial charge in [-0.2, -0.15) is 0 Å². The zero-order chi connectivity index (χ0) is 25.3. The van der Waals surface area contributed by atoms with Gasteiger partial charge in [0.1, 0.15) is 23.7 Å². The standard InChI is InChI=1S/C26H21ClFN3O3S/c1-4-11-34-20-8-5-18(6-9-20)30-15(2)12-17(16(30)3)13-21-24(32)29-26(35)31(25(21)33)19-7-10-23(28)22(27)14-19/h4-10,12-14H,1,11H2,2-3H3,(H,29,32,35)/b21-13+. The molecule has 0 spiro atoms. The third-order valence-corrected chi connectivity index (χ3v) is 6.07. The predicted molar refractivity (Wildman–Crippen MR) is 139 cm³/mol. The minimum Gasteiger partial charge on any atom is -0.490 e. The second-order valence-electron chi connectivity index (χ2n) is 7.81. The van der Waals surface area contributed by atoms with Gasteiger partial charge in [0.05, 0.1) is 10.7 Å². The molecule has 3 aromatic rings. The van der Waals surface area contributed by atoms with Gasteiger partial charge in [-0.3, -0.25) is 19.8 Å². The van der Waals surface area contributed by atoms with Crippen LogP contribution in [0.15, 0.2) is 66.8 Å². The van der Waals surface area contributed by atoms with Crippen molar-refractivity contribution in [3.05, 3.63) is 94.6 Å². The lowest BCUT2D eigenvalue weighted by Crippen LogP contribution is -2.54. The topological polar surface area (TPSA) is 63.6 Å². The first kappa shape index (κ1) is 24.4. The fraction of sp³-hybridized carbons (Fsp3) is 0.115. The maximum Gasteiger partial charge on any atom is 0.270 e. The smallest absolute Gasteiger partial charge is 0.270 e. The van der Waals surface area contributed by atoms with Crippen LogP contribution in [0, 0.1) is 19.7 Å². The van der Waals surface area contributed by atoms with Crippen LogP contribution in [0.2, 0.25) is 5.02 Å². The molecule has 1 N–H and O–H groups in total. The van der Waals surface area contributed by atoms with E-state index < -0.39 is 17.6 Å². The van der Waals surface area contributed by atoms with Gasteiger partial charge < -0.3 is 9.30 Å². The molecule has 0 saturated carbocycles. The van der Waals surface area contributed by atoms with Gasteiger partial charge in [0.2, 0.25) is 0 Å². The molecule has 1 aliphatic rings. The summed E-state index contributed by atoms with van der Waals surface area (Å²) in [7, 11) is 0. The summed E-state index contributed by atoms with van der Waals surface area (Å²) in [5.41, 5.74) is 3.49. The van der Waals surface area contributed by atoms with Crippen LogP contribution in [-0.4, -0.2) is 28.1 Å². The number of aromatic nitrogens is 1. The van der Waals surface area contributed by atoms with Crippen molar-refractivity contribution in [1.82, 2.24) is 9.88 Å². The lowest BCUT2D eigenvalue weighted by Gasteiger charge is -2.29. The molecule has 2 heterocycles. The monoisotopic (exact) mass is 509 g/mol. The molecule has 0 atom stereocenters. The zero-order valence-electron chi connectivity index (χ0n) is 19.0. The van der Waals surface area contributed by atoms with Crippen LogP contribution in [0.4, 0.5) is 10.1 Å². The van der Waals surface area contributed by atoms with Crippen molar-refractivity contribution in [1.29, 1.82) is 0 Å². The minimum absolute atomic E-state index is 0.104. The number of rotatable bonds is 6. The summed E-state index contributed by atoms with van der Waals surface area (Å²) in [6.45, 7) is 7.89. The molecule has 1 fully saturated rings. The Morgan fingerprint density at radius 2 is 1.80 bits per heavy atom. The first-order chi connectivity index (χ1) is 16.7. The Labute approximate surface area is 212 Å². The summed E-state index contributed by atoms with van der Waals surface area (Å²) in [4.78, 5) is 27.1. The van der Waals surface area contributed by atoms with Crippen molar-refractivity contribution in [2.75, 3.05) is 11.5 Å². The highest BCUT2D eigenvalue weighted by Crippen LogP contribution is 2.28. The van der Waals surface area contributed by atoms with Gasteiger partial charge in [-0.1, -0.05) is 24.3 Å². The molecule has 2 aromatic carbocycles. The quantitative estimate of drug-likeness (QED) is 0.212. The van der Waals surface area contributed by atoms with Crippen LogP contribution < -0.4 is 15.0 Å². The van der Waals surface area contributed by atoms with Gasteiger partial charge in [-0.05, 0) is 86.2 Å². The molecule has 178 valence electrons. The molecule has 6 nitrogen and oxygen atoms in total. The number of aryl methyl sites for hydroxylation is 1. The number of carbonyl (C=O) groups excluding carboxylic acids is 2. The van der Waals surface area contributed by atoms with E-state index in [0.717, 1.165) is 33.8 Å². The Hall–Kier alpha value is -3.75. The van der Waals surface area contributed by atoms with Gasteiger partial charge in [0, 0.05) is 17.1 Å². The number of carbonyl (C=O) groups is 2. The number of nitrogens with zero attached hydrogens (tertiary/aromatic N) is 2. The summed E-state index contributed by atoms with van der Waals surface area (Å²) in [5.74, 6) is -1.15. The molecule has 1 aliphatic heterocycles. The predicted octanol–water partition coefficient (Wildman–Crippen LogP) is 5.28. The fourth-order valence-electron chi connectivity index (χ4n) is 3.85. The summed E-state index contributed by atoms with van der Waals surface area (Å²) < 4.78 is 21.2. The van der Waals surface area contributed by atoms with Crippen molar-refractivity contribution >= 4 is 52.5 Å². The molecule has 0 bridgehead atoms. The SMILES string of the molecule is C=CCOc1ccc(-n2c(C)cc(/C=C3\C(=O)NC(=S)N(c4ccc(F)c(Cl)c4)C3=O)c2C)cc1. The third-order valence-electron chi connectivity index (χ3n) is 5.50. The fourth-order valence-corrected chi connectivity index (χ4v) is 4.31. The number of halogens is 2. The second-order valence-corrected chi connectivity index (χ2v) is 8.61. The van der Waals surface area contributed by atoms with Gasteiger partial charge in [0.15, 0.2) is 5.11 Å². The van der Waals surface area contributed by atoms with E-state index in [-0.39, 0.29) is 21.4 Å². The molecule has 2 amide bonds. The lowest BCUT2D eigenvalue weighted by atomic mass is 10.1. The largest absolute Gasteiger partial charge is 0.490 e. The molecule has 1 aromatic heterocycles. The van der Waals surface area contributed by atoms with E-state index >= 15 is 0 Å². The average Bonchev–Trinajstić information content (AvgIpc) is 3.10. The first-order valence-electron chi connectivity index (χ1n) is 10.6. The summed E-state index contributed by atoms with van der Waals surface area (Å²) in [6.07, 6.45) is 3.20. The van der Waals surface area contributed by atoms with Crippen molar-refractivity contribution in [3.63, 3.8) is 0 Å². The molecule has 1 saturated heterocycles. The maximum absolute atomic E-state index is 13.6. The maximum atomic E-state index is 13.6. The Morgan fingerprint density at radius 1 is 1.11 bits per heavy atom. The molecule has 35 heavy (non-hydrogen) atoms. The number of hydrogen-bond acceptors (Lipinski definition) is 4. The molecule has 0 radical (unpaired) electrons. The highest BCUT2D eigenvalue weighted by Gasteiger charge is 2.35. The lowest BCUT2D eigenvalue weighted by molar-refractivity contribution is -0.122. The van der Waals surface area contributed by atoms with Crippen LogP contribution in [0.5, 0.6) is 5.75 Å². The van der Waals surface area contributed by atoms with Crippen LogP contribution >= 0.6 is 23.8 Å². The Bertz CT molecular complexity index is 1400. The van der Waals surface area contributed by atoms with Crippen molar-refractivity contribution in [2.45, 2.75) is 13.8 Å².